The fourth-order valence-corrected chi connectivity index (χ4v) is 2.84. The molecule has 0 N–H and O–H groups in total. The van der Waals surface area contributed by atoms with E-state index < -0.39 is 0 Å². The molecule has 1 saturated heterocycles. The third kappa shape index (κ3) is 2.64. The van der Waals surface area contributed by atoms with Crippen LogP contribution in [0.1, 0.15) is 17.9 Å². The minimum atomic E-state index is -0.0759. The summed E-state index contributed by atoms with van der Waals surface area (Å²) in [6.45, 7) is 0.738. The molecule has 22 heavy (non-hydrogen) atoms. The predicted molar refractivity (Wildman–Crippen MR) is 85.7 cm³/mol. The SMILES string of the molecule is COc1ccc(C2CCN(c3ccc(OC)cc3)C2=O)cc1. The summed E-state index contributed by atoms with van der Waals surface area (Å²) in [4.78, 5) is 14.5. The van der Waals surface area contributed by atoms with Crippen LogP contribution in [0.5, 0.6) is 11.5 Å². The van der Waals surface area contributed by atoms with Crippen molar-refractivity contribution in [1.82, 2.24) is 0 Å². The summed E-state index contributed by atoms with van der Waals surface area (Å²) in [7, 11) is 3.27. The zero-order chi connectivity index (χ0) is 15.5. The van der Waals surface area contributed by atoms with Crippen LogP contribution in [0.25, 0.3) is 0 Å². The van der Waals surface area contributed by atoms with Gasteiger partial charge in [0, 0.05) is 12.2 Å². The maximum Gasteiger partial charge on any atom is 0.234 e. The van der Waals surface area contributed by atoms with E-state index >= 15 is 0 Å². The number of amides is 1. The molecule has 0 saturated carbocycles. The molecule has 1 unspecified atom stereocenters. The van der Waals surface area contributed by atoms with Crippen LogP contribution in [0.3, 0.4) is 0 Å². The average molecular weight is 297 g/mol. The lowest BCUT2D eigenvalue weighted by Crippen LogP contribution is -2.26. The van der Waals surface area contributed by atoms with E-state index in [1.807, 2.05) is 53.4 Å². The van der Waals surface area contributed by atoms with E-state index in [1.165, 1.54) is 0 Å². The van der Waals surface area contributed by atoms with Crippen molar-refractivity contribution < 1.29 is 14.3 Å². The smallest absolute Gasteiger partial charge is 0.234 e. The molecule has 114 valence electrons. The van der Waals surface area contributed by atoms with Gasteiger partial charge in [0.1, 0.15) is 11.5 Å². The number of carbonyl (C=O) groups is 1. The van der Waals surface area contributed by atoms with Crippen molar-refractivity contribution in [3.8, 4) is 11.5 Å². The number of carbonyl (C=O) groups excluding carboxylic acids is 1. The molecule has 0 spiro atoms. The Bertz CT molecular complexity index is 592. The van der Waals surface area contributed by atoms with E-state index in [9.17, 15) is 4.79 Å². The Hall–Kier alpha value is -2.49. The van der Waals surface area contributed by atoms with Crippen LogP contribution in [-0.2, 0) is 4.79 Å². The number of rotatable bonds is 4. The highest BCUT2D eigenvalue weighted by Crippen LogP contribution is 2.33. The van der Waals surface area contributed by atoms with Crippen LogP contribution in [0.2, 0.25) is 0 Å². The van der Waals surface area contributed by atoms with Gasteiger partial charge in [-0.25, -0.2) is 0 Å². The summed E-state index contributed by atoms with van der Waals surface area (Å²) in [5.74, 6) is 1.67. The Morgan fingerprint density at radius 2 is 1.45 bits per heavy atom. The fourth-order valence-electron chi connectivity index (χ4n) is 2.84. The maximum atomic E-state index is 12.7. The lowest BCUT2D eigenvalue weighted by Gasteiger charge is -2.17. The van der Waals surface area contributed by atoms with Crippen molar-refractivity contribution in [2.75, 3.05) is 25.7 Å². The molecule has 1 fully saturated rings. The maximum absolute atomic E-state index is 12.7. The van der Waals surface area contributed by atoms with Gasteiger partial charge < -0.3 is 14.4 Å². The molecule has 2 aromatic rings. The van der Waals surface area contributed by atoms with Gasteiger partial charge in [-0.2, -0.15) is 0 Å². The number of nitrogens with zero attached hydrogens (tertiary/aromatic N) is 1. The second kappa shape index (κ2) is 6.10. The van der Waals surface area contributed by atoms with E-state index in [0.29, 0.717) is 0 Å². The minimum Gasteiger partial charge on any atom is -0.497 e. The molecule has 0 aliphatic carbocycles. The number of methoxy groups -OCH3 is 2. The van der Waals surface area contributed by atoms with E-state index in [4.69, 9.17) is 9.47 Å². The Morgan fingerprint density at radius 1 is 0.909 bits per heavy atom. The number of anilines is 1. The fraction of sp³-hybridized carbons (Fsp3) is 0.278. The van der Waals surface area contributed by atoms with Crippen molar-refractivity contribution in [2.45, 2.75) is 12.3 Å². The van der Waals surface area contributed by atoms with Gasteiger partial charge in [-0.05, 0) is 48.4 Å². The summed E-state index contributed by atoms with van der Waals surface area (Å²) in [6, 6.07) is 15.3. The molecular formula is C18H19NO3. The largest absolute Gasteiger partial charge is 0.497 e. The highest BCUT2D eigenvalue weighted by Gasteiger charge is 2.33. The molecule has 3 rings (SSSR count). The summed E-state index contributed by atoms with van der Waals surface area (Å²) < 4.78 is 10.3. The highest BCUT2D eigenvalue weighted by molar-refractivity contribution is 6.00. The first-order chi connectivity index (χ1) is 10.7. The quantitative estimate of drug-likeness (QED) is 0.869. The Morgan fingerprint density at radius 3 is 2.00 bits per heavy atom. The lowest BCUT2D eigenvalue weighted by molar-refractivity contribution is -0.118. The molecular weight excluding hydrogens is 278 g/mol. The second-order valence-electron chi connectivity index (χ2n) is 5.30. The zero-order valence-electron chi connectivity index (χ0n) is 12.8. The van der Waals surface area contributed by atoms with Gasteiger partial charge in [-0.3, -0.25) is 4.79 Å². The Kier molecular flexibility index (Phi) is 4.00. The first kappa shape index (κ1) is 14.4. The zero-order valence-corrected chi connectivity index (χ0v) is 12.8. The van der Waals surface area contributed by atoms with Crippen LogP contribution in [0.15, 0.2) is 48.5 Å². The summed E-state index contributed by atoms with van der Waals surface area (Å²) in [5, 5.41) is 0. The number of hydrogen-bond acceptors (Lipinski definition) is 3. The van der Waals surface area contributed by atoms with Gasteiger partial charge in [-0.15, -0.1) is 0 Å². The second-order valence-corrected chi connectivity index (χ2v) is 5.30. The number of benzene rings is 2. The first-order valence-electron chi connectivity index (χ1n) is 7.32. The minimum absolute atomic E-state index is 0.0759. The number of ether oxygens (including phenoxy) is 2. The molecule has 4 nitrogen and oxygen atoms in total. The van der Waals surface area contributed by atoms with Gasteiger partial charge in [0.05, 0.1) is 20.1 Å². The summed E-state index contributed by atoms with van der Waals surface area (Å²) in [5.41, 5.74) is 1.96. The Balaban J connectivity index is 1.78. The van der Waals surface area contributed by atoms with Gasteiger partial charge in [-0.1, -0.05) is 12.1 Å². The molecule has 0 aromatic heterocycles. The van der Waals surface area contributed by atoms with Crippen LogP contribution in [0.4, 0.5) is 5.69 Å². The monoisotopic (exact) mass is 297 g/mol. The first-order valence-corrected chi connectivity index (χ1v) is 7.32. The van der Waals surface area contributed by atoms with Crippen molar-refractivity contribution >= 4 is 11.6 Å². The van der Waals surface area contributed by atoms with Gasteiger partial charge in [0.2, 0.25) is 5.91 Å². The van der Waals surface area contributed by atoms with E-state index in [1.54, 1.807) is 14.2 Å². The van der Waals surface area contributed by atoms with Crippen molar-refractivity contribution in [2.24, 2.45) is 0 Å². The topological polar surface area (TPSA) is 38.8 Å². The lowest BCUT2D eigenvalue weighted by atomic mass is 9.98. The molecule has 1 aliphatic heterocycles. The molecule has 1 amide bonds. The van der Waals surface area contributed by atoms with E-state index in [0.717, 1.165) is 35.7 Å². The normalized spacial score (nSPS) is 17.6. The van der Waals surface area contributed by atoms with Crippen molar-refractivity contribution in [3.63, 3.8) is 0 Å². The average Bonchev–Trinajstić information content (AvgIpc) is 2.96. The Labute approximate surface area is 130 Å². The molecule has 2 aromatic carbocycles. The van der Waals surface area contributed by atoms with Gasteiger partial charge in [0.25, 0.3) is 0 Å². The van der Waals surface area contributed by atoms with Crippen LogP contribution < -0.4 is 14.4 Å². The highest BCUT2D eigenvalue weighted by atomic mass is 16.5. The van der Waals surface area contributed by atoms with Crippen molar-refractivity contribution in [1.29, 1.82) is 0 Å². The predicted octanol–water partition coefficient (Wildman–Crippen LogP) is 3.22. The third-order valence-corrected chi connectivity index (χ3v) is 4.11. The van der Waals surface area contributed by atoms with Crippen LogP contribution >= 0.6 is 0 Å². The van der Waals surface area contributed by atoms with Crippen molar-refractivity contribution in [3.05, 3.63) is 54.1 Å². The third-order valence-electron chi connectivity index (χ3n) is 4.11. The summed E-state index contributed by atoms with van der Waals surface area (Å²) >= 11 is 0. The summed E-state index contributed by atoms with van der Waals surface area (Å²) in [6.07, 6.45) is 0.831. The van der Waals surface area contributed by atoms with Crippen LogP contribution in [0, 0.1) is 0 Å². The van der Waals surface area contributed by atoms with Gasteiger partial charge in [0.15, 0.2) is 0 Å². The molecule has 4 heteroatoms. The van der Waals surface area contributed by atoms with Gasteiger partial charge >= 0.3 is 0 Å². The molecule has 1 heterocycles. The molecule has 1 aliphatic rings. The van der Waals surface area contributed by atoms with E-state index in [-0.39, 0.29) is 11.8 Å². The standard InChI is InChI=1S/C18H19NO3/c1-21-15-7-3-13(4-8-15)17-11-12-19(18(17)20)14-5-9-16(22-2)10-6-14/h3-10,17H,11-12H2,1-2H3. The van der Waals surface area contributed by atoms with Crippen LogP contribution in [-0.4, -0.2) is 26.7 Å². The molecule has 0 radical (unpaired) electrons. The molecule has 0 bridgehead atoms. The number of hydrogen-bond donors (Lipinski definition) is 0. The van der Waals surface area contributed by atoms with E-state index in [2.05, 4.69) is 0 Å². The molecule has 1 atom stereocenters.